The average molecular weight is 267 g/mol. The van der Waals surface area contributed by atoms with E-state index in [1.807, 2.05) is 6.92 Å². The second kappa shape index (κ2) is 6.29. The summed E-state index contributed by atoms with van der Waals surface area (Å²) in [7, 11) is 0. The molecule has 1 fully saturated rings. The van der Waals surface area contributed by atoms with Gasteiger partial charge in [0.25, 0.3) is 5.91 Å². The van der Waals surface area contributed by atoms with Crippen molar-refractivity contribution in [2.45, 2.75) is 45.1 Å². The molecule has 0 saturated heterocycles. The van der Waals surface area contributed by atoms with Crippen LogP contribution in [-0.4, -0.2) is 23.5 Å². The number of aryl methyl sites for hydroxylation is 1. The van der Waals surface area contributed by atoms with Gasteiger partial charge in [-0.1, -0.05) is 19.3 Å². The minimum absolute atomic E-state index is 0.0176. The topological polar surface area (TPSA) is 68.0 Å². The maximum absolute atomic E-state index is 12.1. The van der Waals surface area contributed by atoms with Crippen LogP contribution in [0.2, 0.25) is 0 Å². The molecule has 2 rings (SSSR count). The number of amides is 1. The third-order valence-electron chi connectivity index (χ3n) is 3.74. The van der Waals surface area contributed by atoms with Crippen molar-refractivity contribution in [2.75, 3.05) is 6.54 Å². The van der Waals surface area contributed by atoms with Gasteiger partial charge in [0.05, 0.1) is 11.2 Å². The molecule has 1 amide bonds. The maximum atomic E-state index is 12.1. The molecule has 0 bridgehead atoms. The summed E-state index contributed by atoms with van der Waals surface area (Å²) in [5, 5.41) is 3.09. The number of nitrogens with one attached hydrogen (secondary N) is 1. The van der Waals surface area contributed by atoms with Crippen molar-refractivity contribution in [3.05, 3.63) is 16.1 Å². The quantitative estimate of drug-likeness (QED) is 0.877. The van der Waals surface area contributed by atoms with Gasteiger partial charge >= 0.3 is 0 Å². The zero-order valence-corrected chi connectivity index (χ0v) is 11.6. The minimum atomic E-state index is -0.0176. The van der Waals surface area contributed by atoms with Crippen LogP contribution >= 0.6 is 11.3 Å². The lowest BCUT2D eigenvalue weighted by molar-refractivity contribution is 0.0919. The molecule has 1 heterocycles. The first-order valence-corrected chi connectivity index (χ1v) is 7.51. The Bertz CT molecular complexity index is 399. The molecular weight excluding hydrogens is 246 g/mol. The summed E-state index contributed by atoms with van der Waals surface area (Å²) in [4.78, 5) is 17.0. The molecule has 1 saturated carbocycles. The normalized spacial score (nSPS) is 18.6. The van der Waals surface area contributed by atoms with Crippen LogP contribution in [0.1, 0.15) is 47.5 Å². The molecule has 5 heteroatoms. The lowest BCUT2D eigenvalue weighted by atomic mass is 9.84. The van der Waals surface area contributed by atoms with Gasteiger partial charge in [-0.3, -0.25) is 4.79 Å². The lowest BCUT2D eigenvalue weighted by Crippen LogP contribution is -2.45. The maximum Gasteiger partial charge on any atom is 0.263 e. The smallest absolute Gasteiger partial charge is 0.263 e. The summed E-state index contributed by atoms with van der Waals surface area (Å²) in [6.45, 7) is 2.39. The van der Waals surface area contributed by atoms with Crippen molar-refractivity contribution in [1.29, 1.82) is 0 Å². The van der Waals surface area contributed by atoms with E-state index in [9.17, 15) is 4.79 Å². The van der Waals surface area contributed by atoms with Gasteiger partial charge in [0, 0.05) is 12.6 Å². The van der Waals surface area contributed by atoms with Crippen molar-refractivity contribution in [1.82, 2.24) is 10.3 Å². The molecule has 1 unspecified atom stereocenters. The fraction of sp³-hybridized carbons (Fsp3) is 0.692. The van der Waals surface area contributed by atoms with Crippen LogP contribution in [0.15, 0.2) is 5.51 Å². The number of aromatic nitrogens is 1. The van der Waals surface area contributed by atoms with Crippen LogP contribution in [0.4, 0.5) is 0 Å². The molecule has 1 aromatic rings. The van der Waals surface area contributed by atoms with Gasteiger partial charge in [0.15, 0.2) is 0 Å². The van der Waals surface area contributed by atoms with Crippen LogP contribution < -0.4 is 11.1 Å². The zero-order valence-electron chi connectivity index (χ0n) is 10.8. The first kappa shape index (κ1) is 13.5. The highest BCUT2D eigenvalue weighted by atomic mass is 32.1. The minimum Gasteiger partial charge on any atom is -0.347 e. The summed E-state index contributed by atoms with van der Waals surface area (Å²) in [6, 6.07) is 0.110. The van der Waals surface area contributed by atoms with Gasteiger partial charge in [-0.05, 0) is 25.7 Å². The Labute approximate surface area is 112 Å². The second-order valence-electron chi connectivity index (χ2n) is 4.98. The number of nitrogens with zero attached hydrogens (tertiary/aromatic N) is 1. The number of hydrogen-bond acceptors (Lipinski definition) is 4. The molecule has 1 aliphatic rings. The monoisotopic (exact) mass is 267 g/mol. The van der Waals surface area contributed by atoms with Crippen molar-refractivity contribution in [3.8, 4) is 0 Å². The van der Waals surface area contributed by atoms with Gasteiger partial charge in [0.2, 0.25) is 0 Å². The van der Waals surface area contributed by atoms with Crippen LogP contribution in [0.3, 0.4) is 0 Å². The lowest BCUT2D eigenvalue weighted by Gasteiger charge is -2.29. The molecule has 0 aliphatic heterocycles. The number of carbonyl (C=O) groups is 1. The zero-order chi connectivity index (χ0) is 13.0. The van der Waals surface area contributed by atoms with Crippen molar-refractivity contribution >= 4 is 17.2 Å². The molecule has 18 heavy (non-hydrogen) atoms. The number of nitrogens with two attached hydrogens (primary N) is 1. The fourth-order valence-electron chi connectivity index (χ4n) is 2.66. The molecular formula is C13H21N3OS. The number of carbonyl (C=O) groups excluding carboxylic acids is 1. The summed E-state index contributed by atoms with van der Waals surface area (Å²) in [6.07, 6.45) is 6.20. The number of rotatable bonds is 4. The largest absolute Gasteiger partial charge is 0.347 e. The van der Waals surface area contributed by atoms with Gasteiger partial charge in [-0.25, -0.2) is 4.98 Å². The van der Waals surface area contributed by atoms with E-state index in [0.29, 0.717) is 17.3 Å². The highest BCUT2D eigenvalue weighted by Gasteiger charge is 2.25. The van der Waals surface area contributed by atoms with E-state index in [4.69, 9.17) is 5.73 Å². The van der Waals surface area contributed by atoms with Gasteiger partial charge < -0.3 is 11.1 Å². The van der Waals surface area contributed by atoms with Crippen molar-refractivity contribution in [3.63, 3.8) is 0 Å². The van der Waals surface area contributed by atoms with E-state index >= 15 is 0 Å². The van der Waals surface area contributed by atoms with E-state index in [0.717, 1.165) is 5.69 Å². The van der Waals surface area contributed by atoms with E-state index in [1.54, 1.807) is 5.51 Å². The Morgan fingerprint density at radius 3 is 2.83 bits per heavy atom. The molecule has 0 aromatic carbocycles. The van der Waals surface area contributed by atoms with Crippen LogP contribution in [0.25, 0.3) is 0 Å². The standard InChI is InChI=1S/C13H21N3OS/c1-9-12(18-8-15-9)13(17)16-11(7-14)10-5-3-2-4-6-10/h8,10-11H,2-7,14H2,1H3,(H,16,17). The molecule has 1 aromatic heterocycles. The van der Waals surface area contributed by atoms with Crippen LogP contribution in [-0.2, 0) is 0 Å². The molecule has 0 radical (unpaired) electrons. The second-order valence-corrected chi connectivity index (χ2v) is 5.84. The predicted molar refractivity (Wildman–Crippen MR) is 73.7 cm³/mol. The molecule has 1 aliphatic carbocycles. The first-order valence-electron chi connectivity index (χ1n) is 6.63. The third-order valence-corrected chi connectivity index (χ3v) is 4.67. The highest BCUT2D eigenvalue weighted by Crippen LogP contribution is 2.26. The Balaban J connectivity index is 1.97. The third kappa shape index (κ3) is 3.09. The SMILES string of the molecule is Cc1ncsc1C(=O)NC(CN)C1CCCCC1. The summed E-state index contributed by atoms with van der Waals surface area (Å²) in [5.41, 5.74) is 8.33. The Hall–Kier alpha value is -0.940. The van der Waals surface area contributed by atoms with E-state index in [-0.39, 0.29) is 11.9 Å². The van der Waals surface area contributed by atoms with Crippen LogP contribution in [0, 0.1) is 12.8 Å². The number of hydrogen-bond donors (Lipinski definition) is 2. The first-order chi connectivity index (χ1) is 8.72. The van der Waals surface area contributed by atoms with Gasteiger partial charge in [0.1, 0.15) is 4.88 Å². The van der Waals surface area contributed by atoms with Gasteiger partial charge in [-0.2, -0.15) is 0 Å². The summed E-state index contributed by atoms with van der Waals surface area (Å²) >= 11 is 1.39. The Morgan fingerprint density at radius 1 is 1.56 bits per heavy atom. The van der Waals surface area contributed by atoms with E-state index in [1.165, 1.54) is 43.4 Å². The Kier molecular flexibility index (Phi) is 4.72. The fourth-order valence-corrected chi connectivity index (χ4v) is 3.36. The molecule has 3 N–H and O–H groups in total. The summed E-state index contributed by atoms with van der Waals surface area (Å²) < 4.78 is 0. The average Bonchev–Trinajstić information content (AvgIpc) is 2.83. The predicted octanol–water partition coefficient (Wildman–Crippen LogP) is 2.09. The molecule has 0 spiro atoms. The van der Waals surface area contributed by atoms with Crippen molar-refractivity contribution in [2.24, 2.45) is 11.7 Å². The van der Waals surface area contributed by atoms with E-state index in [2.05, 4.69) is 10.3 Å². The molecule has 1 atom stereocenters. The van der Waals surface area contributed by atoms with Crippen LogP contribution in [0.5, 0.6) is 0 Å². The molecule has 4 nitrogen and oxygen atoms in total. The summed E-state index contributed by atoms with van der Waals surface area (Å²) in [5.74, 6) is 0.525. The van der Waals surface area contributed by atoms with Gasteiger partial charge in [-0.15, -0.1) is 11.3 Å². The molecule has 100 valence electrons. The highest BCUT2D eigenvalue weighted by molar-refractivity contribution is 7.11. The number of thiazole rings is 1. The van der Waals surface area contributed by atoms with E-state index < -0.39 is 0 Å². The Morgan fingerprint density at radius 2 is 2.28 bits per heavy atom. The van der Waals surface area contributed by atoms with Crippen molar-refractivity contribution < 1.29 is 4.79 Å².